The first-order valence-corrected chi connectivity index (χ1v) is 10.8. The van der Waals surface area contributed by atoms with Gasteiger partial charge in [0.25, 0.3) is 0 Å². The van der Waals surface area contributed by atoms with Crippen LogP contribution in [0.4, 0.5) is 14.9 Å². The number of carbonyl (C=O) groups excluding carboxylic acids is 1. The molecule has 4 rings (SSSR count). The Kier molecular flexibility index (Phi) is 4.91. The summed E-state index contributed by atoms with van der Waals surface area (Å²) >= 11 is 0. The first-order chi connectivity index (χ1) is 14.6. The predicted molar refractivity (Wildman–Crippen MR) is 110 cm³/mol. The summed E-state index contributed by atoms with van der Waals surface area (Å²) in [7, 11) is -3.92. The maximum atomic E-state index is 14.9. The molecule has 2 fully saturated rings. The van der Waals surface area contributed by atoms with Crippen molar-refractivity contribution in [3.05, 3.63) is 48.3 Å². The number of carbonyl (C=O) groups is 1. The lowest BCUT2D eigenvalue weighted by Gasteiger charge is -2.14. The van der Waals surface area contributed by atoms with Gasteiger partial charge in [-0.15, -0.1) is 0 Å². The van der Waals surface area contributed by atoms with Crippen LogP contribution in [-0.2, 0) is 14.8 Å². The van der Waals surface area contributed by atoms with Gasteiger partial charge in [-0.1, -0.05) is 12.1 Å². The lowest BCUT2D eigenvalue weighted by Crippen LogP contribution is -2.26. The van der Waals surface area contributed by atoms with Crippen LogP contribution < -0.4 is 15.4 Å². The van der Waals surface area contributed by atoms with Crippen molar-refractivity contribution in [1.29, 1.82) is 5.26 Å². The summed E-state index contributed by atoms with van der Waals surface area (Å²) in [4.78, 5) is 17.9. The summed E-state index contributed by atoms with van der Waals surface area (Å²) in [6.45, 7) is 1.85. The molecule has 1 saturated heterocycles. The third-order valence-electron chi connectivity index (χ3n) is 5.25. The molecule has 9 nitrogen and oxygen atoms in total. The molecule has 2 aliphatic rings. The van der Waals surface area contributed by atoms with Crippen LogP contribution in [0.1, 0.15) is 13.3 Å². The number of benzene rings is 2. The molecule has 2 aromatic carbocycles. The zero-order valence-electron chi connectivity index (χ0n) is 16.4. The fourth-order valence-corrected chi connectivity index (χ4v) is 4.15. The number of ether oxygens (including phenoxy) is 1. The van der Waals surface area contributed by atoms with Crippen molar-refractivity contribution in [3.8, 4) is 17.3 Å². The minimum absolute atomic E-state index is 0.125. The first kappa shape index (κ1) is 20.8. The molecule has 160 valence electrons. The van der Waals surface area contributed by atoms with Crippen LogP contribution in [0.15, 0.2) is 52.4 Å². The van der Waals surface area contributed by atoms with Crippen LogP contribution in [0.25, 0.3) is 11.1 Å². The number of hydrogen-bond donors (Lipinski definition) is 2. The Morgan fingerprint density at radius 1 is 1.39 bits per heavy atom. The van der Waals surface area contributed by atoms with Gasteiger partial charge in [0.2, 0.25) is 10.0 Å². The number of nitrogens with zero attached hydrogens (tertiary/aromatic N) is 3. The molecule has 1 spiro atoms. The number of anilines is 1. The lowest BCUT2D eigenvalue weighted by molar-refractivity contribution is 0.126. The van der Waals surface area contributed by atoms with E-state index in [4.69, 9.17) is 15.1 Å². The Morgan fingerprint density at radius 2 is 2.16 bits per heavy atom. The van der Waals surface area contributed by atoms with Gasteiger partial charge in [-0.25, -0.2) is 22.7 Å². The molecule has 0 radical (unpaired) electrons. The predicted octanol–water partition coefficient (Wildman–Crippen LogP) is 2.10. The Morgan fingerprint density at radius 3 is 2.84 bits per heavy atom. The van der Waals surface area contributed by atoms with Crippen molar-refractivity contribution >= 4 is 27.6 Å². The van der Waals surface area contributed by atoms with E-state index in [1.54, 1.807) is 25.2 Å². The number of nitriles is 1. The Balaban J connectivity index is 1.57. The van der Waals surface area contributed by atoms with Crippen molar-refractivity contribution in [3.63, 3.8) is 0 Å². The molecule has 2 atom stereocenters. The maximum absolute atomic E-state index is 14.9. The molecule has 1 heterocycles. The summed E-state index contributed by atoms with van der Waals surface area (Å²) in [6, 6.07) is 9.61. The summed E-state index contributed by atoms with van der Waals surface area (Å²) in [5.74, 6) is -0.201. The quantitative estimate of drug-likeness (QED) is 0.321. The summed E-state index contributed by atoms with van der Waals surface area (Å²) in [6.07, 6.45) is 1.69. The number of nitrogens with two attached hydrogens (primary N) is 1. The van der Waals surface area contributed by atoms with Crippen LogP contribution in [0, 0.1) is 17.3 Å². The SMILES string of the molecule is CC(=N[C@H]1CC12CN(c1ccc(-c3cccc(S(N)(=O)=O)c3)c(F)c1)C(=O)O2)NC#N. The molecule has 1 amide bonds. The lowest BCUT2D eigenvalue weighted by atomic mass is 10.0. The fourth-order valence-electron chi connectivity index (χ4n) is 3.59. The van der Waals surface area contributed by atoms with Gasteiger partial charge in [0.15, 0.2) is 11.8 Å². The maximum Gasteiger partial charge on any atom is 0.415 e. The summed E-state index contributed by atoms with van der Waals surface area (Å²) in [5.41, 5.74) is 0.0398. The van der Waals surface area contributed by atoms with Gasteiger partial charge in [0, 0.05) is 12.0 Å². The number of hydrogen-bond acceptors (Lipinski definition) is 6. The number of sulfonamides is 1. The molecular formula is C20H18FN5O4S. The number of nitrogens with one attached hydrogen (secondary N) is 1. The van der Waals surface area contributed by atoms with Crippen molar-refractivity contribution < 1.29 is 22.3 Å². The van der Waals surface area contributed by atoms with Crippen LogP contribution in [-0.4, -0.2) is 38.5 Å². The van der Waals surface area contributed by atoms with Gasteiger partial charge in [-0.3, -0.25) is 15.2 Å². The highest BCUT2D eigenvalue weighted by molar-refractivity contribution is 7.89. The smallest absolute Gasteiger partial charge is 0.415 e. The number of amidine groups is 1. The molecule has 2 aromatic rings. The minimum Gasteiger partial charge on any atom is -0.438 e. The monoisotopic (exact) mass is 443 g/mol. The average molecular weight is 443 g/mol. The molecule has 1 unspecified atom stereocenters. The molecule has 3 N–H and O–H groups in total. The van der Waals surface area contributed by atoms with Crippen LogP contribution in [0.2, 0.25) is 0 Å². The third kappa shape index (κ3) is 3.95. The Hall–Kier alpha value is -3.49. The topological polar surface area (TPSA) is 138 Å². The van der Waals surface area contributed by atoms with Gasteiger partial charge in [0.1, 0.15) is 11.7 Å². The third-order valence-corrected chi connectivity index (χ3v) is 6.16. The second kappa shape index (κ2) is 7.33. The second-order valence-electron chi connectivity index (χ2n) is 7.43. The zero-order chi connectivity index (χ0) is 22.4. The van der Waals surface area contributed by atoms with Gasteiger partial charge in [-0.05, 0) is 42.8 Å². The first-order valence-electron chi connectivity index (χ1n) is 9.26. The minimum atomic E-state index is -3.92. The molecular weight excluding hydrogens is 425 g/mol. The van der Waals surface area contributed by atoms with Gasteiger partial charge < -0.3 is 4.74 Å². The van der Waals surface area contributed by atoms with E-state index >= 15 is 0 Å². The fraction of sp³-hybridized carbons (Fsp3) is 0.250. The van der Waals surface area contributed by atoms with Gasteiger partial charge >= 0.3 is 6.09 Å². The summed E-state index contributed by atoms with van der Waals surface area (Å²) in [5, 5.41) is 16.2. The summed E-state index contributed by atoms with van der Waals surface area (Å²) < 4.78 is 43.5. The standard InChI is InChI=1S/C20H18FN5O4S/c1-12(24-11-22)25-18-9-20(18)10-26(19(27)30-20)14-5-6-16(17(21)8-14)13-3-2-4-15(7-13)31(23,28)29/h2-8,18H,9-10H2,1H3,(H,24,25)(H2,23,28,29)/t18-,20?/m0/s1. The van der Waals surface area contributed by atoms with Crippen molar-refractivity contribution in [2.75, 3.05) is 11.4 Å². The highest BCUT2D eigenvalue weighted by Gasteiger charge is 2.64. The molecule has 0 aromatic heterocycles. The Labute approximate surface area is 178 Å². The average Bonchev–Trinajstić information content (AvgIpc) is 3.23. The molecule has 1 aliphatic carbocycles. The van der Waals surface area contributed by atoms with Crippen molar-refractivity contribution in [2.24, 2.45) is 10.1 Å². The number of aliphatic imine (C=N–C) groups is 1. The molecule has 31 heavy (non-hydrogen) atoms. The van der Waals surface area contributed by atoms with Gasteiger partial charge in [-0.2, -0.15) is 5.26 Å². The van der Waals surface area contributed by atoms with E-state index in [0.29, 0.717) is 23.5 Å². The zero-order valence-corrected chi connectivity index (χ0v) is 17.2. The van der Waals surface area contributed by atoms with E-state index in [2.05, 4.69) is 10.3 Å². The molecule has 0 bridgehead atoms. The van der Waals surface area contributed by atoms with E-state index in [9.17, 15) is 17.6 Å². The number of halogens is 1. The van der Waals surface area contributed by atoms with Crippen LogP contribution in [0.3, 0.4) is 0 Å². The van der Waals surface area contributed by atoms with Gasteiger partial charge in [0.05, 0.1) is 23.2 Å². The number of amides is 1. The highest BCUT2D eigenvalue weighted by atomic mass is 32.2. The van der Waals surface area contributed by atoms with Crippen LogP contribution in [0.5, 0.6) is 0 Å². The largest absolute Gasteiger partial charge is 0.438 e. The van der Waals surface area contributed by atoms with E-state index in [0.717, 1.165) is 0 Å². The molecule has 11 heteroatoms. The van der Waals surface area contributed by atoms with E-state index in [-0.39, 0.29) is 23.0 Å². The highest BCUT2D eigenvalue weighted by Crippen LogP contribution is 2.48. The molecule has 1 aliphatic heterocycles. The van der Waals surface area contributed by atoms with E-state index in [1.807, 2.05) is 0 Å². The number of primary sulfonamides is 1. The van der Waals surface area contributed by atoms with Crippen LogP contribution >= 0.6 is 0 Å². The Bertz CT molecular complexity index is 1260. The normalized spacial score (nSPS) is 22.9. The molecule has 1 saturated carbocycles. The van der Waals surface area contributed by atoms with Crippen molar-refractivity contribution in [1.82, 2.24) is 5.32 Å². The van der Waals surface area contributed by atoms with E-state index in [1.165, 1.54) is 35.2 Å². The number of rotatable bonds is 4. The second-order valence-corrected chi connectivity index (χ2v) is 8.99. The van der Waals surface area contributed by atoms with E-state index < -0.39 is 27.5 Å². The van der Waals surface area contributed by atoms with Crippen molar-refractivity contribution in [2.45, 2.75) is 29.9 Å².